The minimum Gasteiger partial charge on any atom is -0.299 e. The number of fused-ring (bicyclic) bond motifs is 2. The number of hydrogen-bond acceptors (Lipinski definition) is 8. The number of ketones is 2. The van der Waals surface area contributed by atoms with Gasteiger partial charge in [0, 0.05) is 24.7 Å². The second kappa shape index (κ2) is 10.4. The zero-order chi connectivity index (χ0) is 25.0. The number of hydrogen-bond donors (Lipinski definition) is 0. The van der Waals surface area contributed by atoms with Crippen LogP contribution in [0.5, 0.6) is 0 Å². The van der Waals surface area contributed by atoms with Crippen molar-refractivity contribution in [3.63, 3.8) is 0 Å². The van der Waals surface area contributed by atoms with Crippen molar-refractivity contribution in [1.29, 1.82) is 0 Å². The lowest BCUT2D eigenvalue weighted by Gasteiger charge is -2.27. The maximum atomic E-state index is 11.5. The molecular weight excluding hydrogens is 432 g/mol. The van der Waals surface area contributed by atoms with E-state index in [-0.39, 0.29) is 22.3 Å². The van der Waals surface area contributed by atoms with Crippen LogP contribution >= 0.6 is 0 Å². The molecule has 3 aliphatic rings. The van der Waals surface area contributed by atoms with Crippen LogP contribution in [-0.2, 0) is 22.3 Å². The maximum absolute atomic E-state index is 11.5. The molecule has 0 aromatic carbocycles. The highest BCUT2D eigenvalue weighted by atomic mass is 16.1. The van der Waals surface area contributed by atoms with Crippen molar-refractivity contribution in [1.82, 2.24) is 40.4 Å². The molecule has 2 aromatic rings. The largest absolute Gasteiger partial charge is 0.299 e. The Bertz CT molecular complexity index is 989. The molecule has 1 fully saturated rings. The Hall–Kier alpha value is -2.52. The molecule has 0 amide bonds. The van der Waals surface area contributed by atoms with Gasteiger partial charge < -0.3 is 0 Å². The summed E-state index contributed by atoms with van der Waals surface area (Å²) >= 11 is 0. The van der Waals surface area contributed by atoms with Gasteiger partial charge in [0.25, 0.3) is 0 Å². The Morgan fingerprint density at radius 3 is 1.91 bits per heavy atom. The third-order valence-corrected chi connectivity index (χ3v) is 7.24. The van der Waals surface area contributed by atoms with Crippen molar-refractivity contribution in [3.8, 4) is 0 Å². The highest BCUT2D eigenvalue weighted by molar-refractivity contribution is 5.92. The number of aromatic nitrogens is 8. The first kappa shape index (κ1) is 26.1. The first-order chi connectivity index (χ1) is 15.9. The summed E-state index contributed by atoms with van der Waals surface area (Å²) in [5.41, 5.74) is -0.0292. The molecule has 1 saturated carbocycles. The zero-order valence-corrected chi connectivity index (χ0v) is 21.7. The van der Waals surface area contributed by atoms with Crippen molar-refractivity contribution < 1.29 is 9.59 Å². The van der Waals surface area contributed by atoms with E-state index in [1.807, 2.05) is 18.5 Å². The van der Waals surface area contributed by atoms with E-state index in [1.165, 1.54) is 25.7 Å². The number of aryl methyl sites for hydroxylation is 1. The highest BCUT2D eigenvalue weighted by Gasteiger charge is 2.31. The van der Waals surface area contributed by atoms with Gasteiger partial charge in [-0.3, -0.25) is 9.59 Å². The van der Waals surface area contributed by atoms with E-state index in [9.17, 15) is 9.59 Å². The van der Waals surface area contributed by atoms with Crippen LogP contribution < -0.4 is 0 Å². The lowest BCUT2D eigenvalue weighted by atomic mass is 9.76. The summed E-state index contributed by atoms with van der Waals surface area (Å²) in [4.78, 5) is 22.6. The van der Waals surface area contributed by atoms with E-state index in [0.717, 1.165) is 44.3 Å². The average Bonchev–Trinajstić information content (AvgIpc) is 3.40. The molecule has 34 heavy (non-hydrogen) atoms. The molecule has 2 aromatic heterocycles. The summed E-state index contributed by atoms with van der Waals surface area (Å²) in [6.45, 7) is 12.6. The number of rotatable bonds is 0. The molecule has 0 bridgehead atoms. The molecule has 0 atom stereocenters. The predicted molar refractivity (Wildman–Crippen MR) is 127 cm³/mol. The van der Waals surface area contributed by atoms with E-state index in [2.05, 4.69) is 58.7 Å². The lowest BCUT2D eigenvalue weighted by Crippen LogP contribution is -2.28. The van der Waals surface area contributed by atoms with E-state index in [1.54, 1.807) is 4.68 Å². The second-order valence-electron chi connectivity index (χ2n) is 11.5. The van der Waals surface area contributed by atoms with Crippen molar-refractivity contribution in [3.05, 3.63) is 11.6 Å². The fourth-order valence-corrected chi connectivity index (χ4v) is 4.78. The first-order valence-corrected chi connectivity index (χ1v) is 12.6. The Kier molecular flexibility index (Phi) is 7.98. The number of Topliss-reactive ketones (excluding diaryl/α,β-unsaturated/α-hetero) is 2. The standard InChI is InChI=1S/C8H12N4O.C8H14N4.C8H14O/c1-8(2)5-3-4-6(13)7-9-10-11-12(7)8;1-8(2)6-4-3-5-7-9-10-11-12(7)8;1-8(2)6-4-3-5-7(8)9/h3-5H2,1-2H3;3-6H2,1-2H3;3-6H2,1-2H3. The molecule has 0 radical (unpaired) electrons. The van der Waals surface area contributed by atoms with Gasteiger partial charge in [-0.1, -0.05) is 26.7 Å². The van der Waals surface area contributed by atoms with Crippen LogP contribution in [0.4, 0.5) is 0 Å². The molecule has 0 unspecified atom stereocenters. The Balaban J connectivity index is 0.000000146. The minimum atomic E-state index is -0.134. The smallest absolute Gasteiger partial charge is 0.218 e. The summed E-state index contributed by atoms with van der Waals surface area (Å²) in [5.74, 6) is 1.95. The maximum Gasteiger partial charge on any atom is 0.218 e. The second-order valence-corrected chi connectivity index (χ2v) is 11.5. The SMILES string of the molecule is CC1(C)CCCC(=O)c2nnnn21.CC1(C)CCCCC1=O.CC1(C)CCCCc2nnnn21. The van der Waals surface area contributed by atoms with E-state index in [0.29, 0.717) is 18.0 Å². The molecule has 0 saturated heterocycles. The van der Waals surface area contributed by atoms with Crippen LogP contribution in [-0.4, -0.2) is 52.0 Å². The molecule has 1 aliphatic carbocycles. The molecular formula is C24H40N8O2. The van der Waals surface area contributed by atoms with Gasteiger partial charge in [-0.2, -0.15) is 0 Å². The third kappa shape index (κ3) is 6.13. The molecule has 4 heterocycles. The monoisotopic (exact) mass is 472 g/mol. The van der Waals surface area contributed by atoms with Crippen molar-refractivity contribution >= 4 is 11.6 Å². The van der Waals surface area contributed by atoms with Crippen LogP contribution in [0.15, 0.2) is 0 Å². The van der Waals surface area contributed by atoms with Gasteiger partial charge in [0.2, 0.25) is 11.6 Å². The molecule has 5 rings (SSSR count). The van der Waals surface area contributed by atoms with Crippen LogP contribution in [0.1, 0.15) is 122 Å². The highest BCUT2D eigenvalue weighted by Crippen LogP contribution is 2.31. The Morgan fingerprint density at radius 2 is 1.24 bits per heavy atom. The Morgan fingerprint density at radius 1 is 0.647 bits per heavy atom. The predicted octanol–water partition coefficient (Wildman–Crippen LogP) is 4.07. The summed E-state index contributed by atoms with van der Waals surface area (Å²) in [6, 6.07) is 0. The van der Waals surface area contributed by atoms with E-state index < -0.39 is 0 Å². The summed E-state index contributed by atoms with van der Waals surface area (Å²) in [7, 11) is 0. The molecule has 10 nitrogen and oxygen atoms in total. The first-order valence-electron chi connectivity index (χ1n) is 12.6. The number of carbonyl (C=O) groups excluding carboxylic acids is 2. The number of carbonyl (C=O) groups is 2. The topological polar surface area (TPSA) is 121 Å². The van der Waals surface area contributed by atoms with Crippen LogP contribution in [0.3, 0.4) is 0 Å². The van der Waals surface area contributed by atoms with Gasteiger partial charge in [0.05, 0.1) is 11.1 Å². The van der Waals surface area contributed by atoms with Gasteiger partial charge in [-0.25, -0.2) is 9.36 Å². The number of nitrogens with zero attached hydrogens (tertiary/aromatic N) is 8. The average molecular weight is 473 g/mol. The fourth-order valence-electron chi connectivity index (χ4n) is 4.78. The summed E-state index contributed by atoms with van der Waals surface area (Å²) < 4.78 is 3.61. The van der Waals surface area contributed by atoms with Crippen molar-refractivity contribution in [2.75, 3.05) is 0 Å². The molecule has 0 N–H and O–H groups in total. The third-order valence-electron chi connectivity index (χ3n) is 7.24. The van der Waals surface area contributed by atoms with Gasteiger partial charge >= 0.3 is 0 Å². The van der Waals surface area contributed by atoms with Crippen LogP contribution in [0, 0.1) is 5.41 Å². The molecule has 188 valence electrons. The van der Waals surface area contributed by atoms with E-state index >= 15 is 0 Å². The zero-order valence-electron chi connectivity index (χ0n) is 21.7. The normalized spacial score (nSPS) is 22.5. The fraction of sp³-hybridized carbons (Fsp3) is 0.833. The quantitative estimate of drug-likeness (QED) is 0.562. The van der Waals surface area contributed by atoms with Crippen molar-refractivity contribution in [2.45, 2.75) is 123 Å². The molecule has 2 aliphatic heterocycles. The Labute approximate surface area is 202 Å². The summed E-state index contributed by atoms with van der Waals surface area (Å²) in [6.07, 6.45) is 11.3. The lowest BCUT2D eigenvalue weighted by molar-refractivity contribution is -0.129. The van der Waals surface area contributed by atoms with Gasteiger partial charge in [0.15, 0.2) is 5.82 Å². The van der Waals surface area contributed by atoms with E-state index in [4.69, 9.17) is 0 Å². The molecule has 10 heteroatoms. The minimum absolute atomic E-state index is 0.00174. The number of tetrazole rings is 2. The van der Waals surface area contributed by atoms with Gasteiger partial charge in [0.1, 0.15) is 5.78 Å². The van der Waals surface area contributed by atoms with Crippen LogP contribution in [0.2, 0.25) is 0 Å². The van der Waals surface area contributed by atoms with Crippen molar-refractivity contribution in [2.24, 2.45) is 5.41 Å². The van der Waals surface area contributed by atoms with Gasteiger partial charge in [-0.15, -0.1) is 10.2 Å². The van der Waals surface area contributed by atoms with Crippen LogP contribution in [0.25, 0.3) is 0 Å². The molecule has 0 spiro atoms. The summed E-state index contributed by atoms with van der Waals surface area (Å²) in [5, 5.41) is 22.9. The van der Waals surface area contributed by atoms with Gasteiger partial charge in [-0.05, 0) is 87.1 Å².